The zero-order chi connectivity index (χ0) is 13.5. The zero-order valence-corrected chi connectivity index (χ0v) is 13.2. The molecule has 0 saturated carbocycles. The van der Waals surface area contributed by atoms with Gasteiger partial charge in [-0.05, 0) is 44.5 Å². The number of likely N-dealkylation sites (N-methyl/N-ethyl adjacent to an activating group) is 1. The van der Waals surface area contributed by atoms with E-state index in [2.05, 4.69) is 45.3 Å². The summed E-state index contributed by atoms with van der Waals surface area (Å²) >= 11 is 3.48. The lowest BCUT2D eigenvalue weighted by Crippen LogP contribution is -2.35. The molecule has 1 N–H and O–H groups in total. The van der Waals surface area contributed by atoms with Crippen molar-refractivity contribution in [2.75, 3.05) is 38.6 Å². The highest BCUT2D eigenvalue weighted by atomic mass is 79.9. The van der Waals surface area contributed by atoms with Gasteiger partial charge < -0.3 is 15.0 Å². The third kappa shape index (κ3) is 5.51. The Morgan fingerprint density at radius 3 is 3.05 bits per heavy atom. The molecule has 0 bridgehead atoms. The number of nitrogens with zero attached hydrogens (tertiary/aromatic N) is 1. The first-order valence-electron chi connectivity index (χ1n) is 7.03. The molecule has 19 heavy (non-hydrogen) atoms. The average Bonchev–Trinajstić information content (AvgIpc) is 2.40. The molecule has 4 heteroatoms. The second-order valence-corrected chi connectivity index (χ2v) is 6.10. The first-order valence-corrected chi connectivity index (χ1v) is 7.83. The van der Waals surface area contributed by atoms with Gasteiger partial charge in [-0.2, -0.15) is 0 Å². The van der Waals surface area contributed by atoms with Crippen LogP contribution in [0.5, 0.6) is 0 Å². The number of hydrogen-bond acceptors (Lipinski definition) is 3. The van der Waals surface area contributed by atoms with E-state index in [1.807, 2.05) is 12.1 Å². The van der Waals surface area contributed by atoms with Crippen LogP contribution in [0.2, 0.25) is 0 Å². The molecular weight excluding hydrogens is 304 g/mol. The van der Waals surface area contributed by atoms with E-state index in [0.717, 1.165) is 36.4 Å². The minimum absolute atomic E-state index is 0.435. The van der Waals surface area contributed by atoms with Gasteiger partial charge in [-0.3, -0.25) is 0 Å². The molecule has 1 atom stereocenters. The van der Waals surface area contributed by atoms with Crippen LogP contribution in [0.4, 0.5) is 5.69 Å². The monoisotopic (exact) mass is 326 g/mol. The van der Waals surface area contributed by atoms with Crippen molar-refractivity contribution in [2.24, 2.45) is 0 Å². The Morgan fingerprint density at radius 1 is 1.42 bits per heavy atom. The lowest BCUT2D eigenvalue weighted by atomic mass is 10.1. The van der Waals surface area contributed by atoms with Crippen LogP contribution in [0.1, 0.15) is 19.3 Å². The first-order chi connectivity index (χ1) is 9.24. The quantitative estimate of drug-likeness (QED) is 0.867. The van der Waals surface area contributed by atoms with Crippen molar-refractivity contribution in [3.05, 3.63) is 28.7 Å². The maximum absolute atomic E-state index is 5.76. The van der Waals surface area contributed by atoms with Crippen molar-refractivity contribution in [3.8, 4) is 0 Å². The summed E-state index contributed by atoms with van der Waals surface area (Å²) in [5.74, 6) is 0. The van der Waals surface area contributed by atoms with Gasteiger partial charge in [-0.1, -0.05) is 22.0 Å². The minimum Gasteiger partial charge on any atom is -0.384 e. The highest BCUT2D eigenvalue weighted by molar-refractivity contribution is 9.10. The third-order valence-electron chi connectivity index (χ3n) is 3.44. The fourth-order valence-electron chi connectivity index (χ4n) is 2.38. The molecule has 1 heterocycles. The summed E-state index contributed by atoms with van der Waals surface area (Å²) in [5, 5.41) is 3.44. The summed E-state index contributed by atoms with van der Waals surface area (Å²) in [4.78, 5) is 2.35. The maximum Gasteiger partial charge on any atom is 0.0701 e. The molecule has 0 spiro atoms. The van der Waals surface area contributed by atoms with Crippen molar-refractivity contribution in [3.63, 3.8) is 0 Å². The van der Waals surface area contributed by atoms with E-state index in [9.17, 15) is 0 Å². The van der Waals surface area contributed by atoms with Gasteiger partial charge in [0.1, 0.15) is 0 Å². The Morgan fingerprint density at radius 2 is 2.32 bits per heavy atom. The lowest BCUT2D eigenvalue weighted by molar-refractivity contribution is -0.000835. The van der Waals surface area contributed by atoms with Crippen LogP contribution in [0.3, 0.4) is 0 Å². The van der Waals surface area contributed by atoms with E-state index in [4.69, 9.17) is 4.74 Å². The van der Waals surface area contributed by atoms with Gasteiger partial charge in [0.25, 0.3) is 0 Å². The van der Waals surface area contributed by atoms with Gasteiger partial charge in [-0.15, -0.1) is 0 Å². The maximum atomic E-state index is 5.76. The molecule has 1 fully saturated rings. The number of hydrogen-bond donors (Lipinski definition) is 1. The smallest absolute Gasteiger partial charge is 0.0701 e. The molecule has 1 aromatic carbocycles. The Hall–Kier alpha value is -0.580. The van der Waals surface area contributed by atoms with Gasteiger partial charge in [0, 0.05) is 36.4 Å². The zero-order valence-electron chi connectivity index (χ0n) is 11.6. The van der Waals surface area contributed by atoms with Crippen molar-refractivity contribution >= 4 is 21.6 Å². The van der Waals surface area contributed by atoms with Gasteiger partial charge in [0.2, 0.25) is 0 Å². The number of ether oxygens (including phenoxy) is 1. The summed E-state index contributed by atoms with van der Waals surface area (Å²) < 4.78 is 6.87. The van der Waals surface area contributed by atoms with E-state index in [1.165, 1.54) is 19.3 Å². The van der Waals surface area contributed by atoms with Crippen LogP contribution >= 0.6 is 15.9 Å². The number of nitrogens with one attached hydrogen (secondary N) is 1. The Labute approximate surface area is 124 Å². The van der Waals surface area contributed by atoms with Crippen LogP contribution in [0, 0.1) is 0 Å². The summed E-state index contributed by atoms with van der Waals surface area (Å²) in [7, 11) is 2.17. The Bertz CT molecular complexity index is 380. The van der Waals surface area contributed by atoms with Crippen molar-refractivity contribution < 1.29 is 4.74 Å². The van der Waals surface area contributed by atoms with E-state index in [1.54, 1.807) is 0 Å². The molecule has 1 saturated heterocycles. The standard InChI is InChI=1S/C15H23BrN2O/c1-18(12-15-7-2-3-10-19-15)9-8-17-14-6-4-5-13(16)11-14/h4-6,11,15,17H,2-3,7-10,12H2,1H3. The van der Waals surface area contributed by atoms with Crippen LogP contribution in [0.15, 0.2) is 28.7 Å². The molecular formula is C15H23BrN2O. The molecule has 1 aromatic rings. The predicted octanol–water partition coefficient (Wildman–Crippen LogP) is 3.36. The largest absolute Gasteiger partial charge is 0.384 e. The van der Waals surface area contributed by atoms with Crippen molar-refractivity contribution in [1.29, 1.82) is 0 Å². The Balaban J connectivity index is 1.64. The molecule has 0 aromatic heterocycles. The summed E-state index contributed by atoms with van der Waals surface area (Å²) in [6, 6.07) is 8.28. The Kier molecular flexibility index (Phi) is 6.14. The van der Waals surface area contributed by atoms with Crippen molar-refractivity contribution in [1.82, 2.24) is 4.90 Å². The molecule has 0 radical (unpaired) electrons. The molecule has 0 aliphatic carbocycles. The highest BCUT2D eigenvalue weighted by Gasteiger charge is 2.15. The average molecular weight is 327 g/mol. The van der Waals surface area contributed by atoms with Crippen LogP contribution in [-0.4, -0.2) is 44.3 Å². The van der Waals surface area contributed by atoms with Crippen molar-refractivity contribution in [2.45, 2.75) is 25.4 Å². The normalized spacial score (nSPS) is 19.6. The number of benzene rings is 1. The predicted molar refractivity (Wildman–Crippen MR) is 83.7 cm³/mol. The lowest BCUT2D eigenvalue weighted by Gasteiger charge is -2.27. The van der Waals surface area contributed by atoms with E-state index in [0.29, 0.717) is 6.10 Å². The molecule has 106 valence electrons. The van der Waals surface area contributed by atoms with Crippen LogP contribution < -0.4 is 5.32 Å². The fraction of sp³-hybridized carbons (Fsp3) is 0.600. The fourth-order valence-corrected chi connectivity index (χ4v) is 2.78. The summed E-state index contributed by atoms with van der Waals surface area (Å²) in [6.07, 6.45) is 4.19. The van der Waals surface area contributed by atoms with Gasteiger partial charge in [0.15, 0.2) is 0 Å². The highest BCUT2D eigenvalue weighted by Crippen LogP contribution is 2.15. The molecule has 3 nitrogen and oxygen atoms in total. The topological polar surface area (TPSA) is 24.5 Å². The van der Waals surface area contributed by atoms with Gasteiger partial charge in [-0.25, -0.2) is 0 Å². The number of rotatable bonds is 6. The van der Waals surface area contributed by atoms with E-state index < -0.39 is 0 Å². The van der Waals surface area contributed by atoms with Crippen LogP contribution in [-0.2, 0) is 4.74 Å². The molecule has 1 aliphatic heterocycles. The molecule has 1 unspecified atom stereocenters. The second kappa shape index (κ2) is 7.88. The van der Waals surface area contributed by atoms with E-state index in [-0.39, 0.29) is 0 Å². The summed E-state index contributed by atoms with van der Waals surface area (Å²) in [6.45, 7) is 3.97. The molecule has 2 rings (SSSR count). The molecule has 1 aliphatic rings. The SMILES string of the molecule is CN(CCNc1cccc(Br)c1)CC1CCCCO1. The first kappa shape index (κ1) is 14.8. The molecule has 0 amide bonds. The van der Waals surface area contributed by atoms with Gasteiger partial charge in [0.05, 0.1) is 6.10 Å². The minimum atomic E-state index is 0.435. The van der Waals surface area contributed by atoms with Gasteiger partial charge >= 0.3 is 0 Å². The van der Waals surface area contributed by atoms with E-state index >= 15 is 0 Å². The van der Waals surface area contributed by atoms with Crippen LogP contribution in [0.25, 0.3) is 0 Å². The number of anilines is 1. The summed E-state index contributed by atoms with van der Waals surface area (Å²) in [5.41, 5.74) is 1.16. The number of halogens is 1. The third-order valence-corrected chi connectivity index (χ3v) is 3.93. The second-order valence-electron chi connectivity index (χ2n) is 5.19.